The molecule has 0 bridgehead atoms. The average Bonchev–Trinajstić information content (AvgIpc) is 2.86. The van der Waals surface area contributed by atoms with Crippen molar-refractivity contribution in [2.24, 2.45) is 7.05 Å². The number of nitrogens with zero attached hydrogens (tertiary/aromatic N) is 4. The largest absolute Gasteiger partial charge is 0.378 e. The third-order valence-electron chi connectivity index (χ3n) is 3.29. The first kappa shape index (κ1) is 12.2. The molecule has 100 valence electrons. The molecular weight excluding hydrogens is 240 g/mol. The van der Waals surface area contributed by atoms with Gasteiger partial charge >= 0.3 is 0 Å². The van der Waals surface area contributed by atoms with Gasteiger partial charge in [-0.05, 0) is 24.6 Å². The van der Waals surface area contributed by atoms with E-state index in [1.807, 2.05) is 19.4 Å². The van der Waals surface area contributed by atoms with Crippen molar-refractivity contribution in [3.8, 4) is 11.3 Å². The fourth-order valence-corrected chi connectivity index (χ4v) is 2.30. The molecule has 0 N–H and O–H groups in total. The molecule has 1 saturated heterocycles. The molecule has 19 heavy (non-hydrogen) atoms. The van der Waals surface area contributed by atoms with Crippen LogP contribution in [0.5, 0.6) is 0 Å². The lowest BCUT2D eigenvalue weighted by Crippen LogP contribution is -2.36. The monoisotopic (exact) mass is 258 g/mol. The Morgan fingerprint density at radius 2 is 2.00 bits per heavy atom. The maximum Gasteiger partial charge on any atom is 0.129 e. The Labute approximate surface area is 112 Å². The minimum Gasteiger partial charge on any atom is -0.378 e. The summed E-state index contributed by atoms with van der Waals surface area (Å²) < 4.78 is 7.19. The molecule has 1 aliphatic rings. The minimum atomic E-state index is 0.776. The molecule has 0 amide bonds. The molecule has 0 atom stereocenters. The highest BCUT2D eigenvalue weighted by Gasteiger charge is 2.14. The van der Waals surface area contributed by atoms with Crippen LogP contribution in [0.25, 0.3) is 11.3 Å². The third kappa shape index (κ3) is 2.61. The van der Waals surface area contributed by atoms with Crippen LogP contribution < -0.4 is 4.90 Å². The van der Waals surface area contributed by atoms with Gasteiger partial charge in [0, 0.05) is 31.9 Å². The summed E-state index contributed by atoms with van der Waals surface area (Å²) in [6.07, 6.45) is 3.84. The topological polar surface area (TPSA) is 43.2 Å². The van der Waals surface area contributed by atoms with Crippen molar-refractivity contribution >= 4 is 5.82 Å². The number of aromatic nitrogens is 3. The molecule has 2 aromatic heterocycles. The number of anilines is 1. The fourth-order valence-electron chi connectivity index (χ4n) is 2.30. The Morgan fingerprint density at radius 1 is 1.21 bits per heavy atom. The highest BCUT2D eigenvalue weighted by molar-refractivity contribution is 5.61. The summed E-state index contributed by atoms with van der Waals surface area (Å²) in [5.41, 5.74) is 3.26. The van der Waals surface area contributed by atoms with Gasteiger partial charge in [-0.2, -0.15) is 5.10 Å². The van der Waals surface area contributed by atoms with E-state index in [2.05, 4.69) is 29.1 Å². The van der Waals surface area contributed by atoms with E-state index in [0.29, 0.717) is 0 Å². The standard InChI is InChI=1S/C14H18N4O/c1-11-7-13(12-9-15-17(2)10-12)16-14(8-11)18-3-5-19-6-4-18/h7-10H,3-6H2,1-2H3. The van der Waals surface area contributed by atoms with Gasteiger partial charge < -0.3 is 9.64 Å². The normalized spacial score (nSPS) is 15.8. The summed E-state index contributed by atoms with van der Waals surface area (Å²) in [5, 5.41) is 4.21. The van der Waals surface area contributed by atoms with Crippen LogP contribution in [0.4, 0.5) is 5.82 Å². The van der Waals surface area contributed by atoms with Crippen LogP contribution in [0.1, 0.15) is 5.56 Å². The van der Waals surface area contributed by atoms with Crippen molar-refractivity contribution in [2.75, 3.05) is 31.2 Å². The van der Waals surface area contributed by atoms with Gasteiger partial charge in [-0.3, -0.25) is 4.68 Å². The Bertz CT molecular complexity index is 573. The molecule has 0 aliphatic carbocycles. The molecule has 0 aromatic carbocycles. The number of hydrogen-bond donors (Lipinski definition) is 0. The SMILES string of the molecule is Cc1cc(-c2cnn(C)c2)nc(N2CCOCC2)c1. The van der Waals surface area contributed by atoms with Crippen molar-refractivity contribution < 1.29 is 4.74 Å². The third-order valence-corrected chi connectivity index (χ3v) is 3.29. The Balaban J connectivity index is 1.95. The second kappa shape index (κ2) is 5.01. The maximum absolute atomic E-state index is 5.39. The van der Waals surface area contributed by atoms with E-state index in [1.165, 1.54) is 5.56 Å². The molecule has 0 saturated carbocycles. The first-order valence-corrected chi connectivity index (χ1v) is 6.53. The fraction of sp³-hybridized carbons (Fsp3) is 0.429. The van der Waals surface area contributed by atoms with Crippen molar-refractivity contribution in [3.63, 3.8) is 0 Å². The molecule has 1 fully saturated rings. The molecular formula is C14H18N4O. The van der Waals surface area contributed by atoms with E-state index in [-0.39, 0.29) is 0 Å². The van der Waals surface area contributed by atoms with Crippen LogP contribution >= 0.6 is 0 Å². The second-order valence-corrected chi connectivity index (χ2v) is 4.89. The van der Waals surface area contributed by atoms with Crippen LogP contribution in [0.15, 0.2) is 24.5 Å². The lowest BCUT2D eigenvalue weighted by Gasteiger charge is -2.28. The summed E-state index contributed by atoms with van der Waals surface area (Å²) in [5.74, 6) is 1.03. The lowest BCUT2D eigenvalue weighted by molar-refractivity contribution is 0.122. The van der Waals surface area contributed by atoms with Crippen LogP contribution in [0, 0.1) is 6.92 Å². The summed E-state index contributed by atoms with van der Waals surface area (Å²) in [4.78, 5) is 7.03. The van der Waals surface area contributed by atoms with Gasteiger partial charge in [-0.1, -0.05) is 0 Å². The van der Waals surface area contributed by atoms with Gasteiger partial charge in [-0.15, -0.1) is 0 Å². The number of morpholine rings is 1. The number of ether oxygens (including phenoxy) is 1. The predicted molar refractivity (Wildman–Crippen MR) is 74.2 cm³/mol. The average molecular weight is 258 g/mol. The highest BCUT2D eigenvalue weighted by Crippen LogP contribution is 2.22. The van der Waals surface area contributed by atoms with E-state index in [0.717, 1.165) is 43.4 Å². The number of aryl methyl sites for hydroxylation is 2. The van der Waals surface area contributed by atoms with E-state index in [1.54, 1.807) is 4.68 Å². The van der Waals surface area contributed by atoms with Crippen molar-refractivity contribution in [1.29, 1.82) is 0 Å². The molecule has 3 heterocycles. The molecule has 5 heteroatoms. The molecule has 0 unspecified atom stereocenters. The van der Waals surface area contributed by atoms with Crippen molar-refractivity contribution in [1.82, 2.24) is 14.8 Å². The quantitative estimate of drug-likeness (QED) is 0.821. The van der Waals surface area contributed by atoms with Gasteiger partial charge in [0.05, 0.1) is 25.1 Å². The molecule has 0 spiro atoms. The molecule has 1 aliphatic heterocycles. The van der Waals surface area contributed by atoms with Gasteiger partial charge in [0.2, 0.25) is 0 Å². The molecule has 3 rings (SSSR count). The van der Waals surface area contributed by atoms with Gasteiger partial charge in [0.1, 0.15) is 5.82 Å². The lowest BCUT2D eigenvalue weighted by atomic mass is 10.1. The Morgan fingerprint density at radius 3 is 2.68 bits per heavy atom. The van der Waals surface area contributed by atoms with E-state index in [4.69, 9.17) is 9.72 Å². The van der Waals surface area contributed by atoms with Crippen molar-refractivity contribution in [2.45, 2.75) is 6.92 Å². The van der Waals surface area contributed by atoms with E-state index < -0.39 is 0 Å². The van der Waals surface area contributed by atoms with Gasteiger partial charge in [-0.25, -0.2) is 4.98 Å². The minimum absolute atomic E-state index is 0.776. The number of hydrogen-bond acceptors (Lipinski definition) is 4. The summed E-state index contributed by atoms with van der Waals surface area (Å²) in [6, 6.07) is 4.23. The van der Waals surface area contributed by atoms with Gasteiger partial charge in [0.25, 0.3) is 0 Å². The Hall–Kier alpha value is -1.88. The first-order valence-electron chi connectivity index (χ1n) is 6.53. The number of pyridine rings is 1. The zero-order chi connectivity index (χ0) is 13.2. The second-order valence-electron chi connectivity index (χ2n) is 4.89. The van der Waals surface area contributed by atoms with Crippen LogP contribution in [0.2, 0.25) is 0 Å². The maximum atomic E-state index is 5.39. The summed E-state index contributed by atoms with van der Waals surface area (Å²) in [7, 11) is 1.92. The van der Waals surface area contributed by atoms with Gasteiger partial charge in [0.15, 0.2) is 0 Å². The van der Waals surface area contributed by atoms with Crippen LogP contribution in [-0.2, 0) is 11.8 Å². The smallest absolute Gasteiger partial charge is 0.129 e. The first-order chi connectivity index (χ1) is 9.22. The zero-order valence-electron chi connectivity index (χ0n) is 11.3. The predicted octanol–water partition coefficient (Wildman–Crippen LogP) is 1.63. The molecule has 2 aromatic rings. The van der Waals surface area contributed by atoms with Crippen LogP contribution in [0.3, 0.4) is 0 Å². The summed E-state index contributed by atoms with van der Waals surface area (Å²) in [6.45, 7) is 5.47. The highest BCUT2D eigenvalue weighted by atomic mass is 16.5. The van der Waals surface area contributed by atoms with E-state index >= 15 is 0 Å². The zero-order valence-corrected chi connectivity index (χ0v) is 11.3. The van der Waals surface area contributed by atoms with E-state index in [9.17, 15) is 0 Å². The Kier molecular flexibility index (Phi) is 3.21. The summed E-state index contributed by atoms with van der Waals surface area (Å²) >= 11 is 0. The van der Waals surface area contributed by atoms with Crippen LogP contribution in [-0.4, -0.2) is 41.1 Å². The number of rotatable bonds is 2. The van der Waals surface area contributed by atoms with Crippen molar-refractivity contribution in [3.05, 3.63) is 30.1 Å². The molecule has 0 radical (unpaired) electrons. The molecule has 5 nitrogen and oxygen atoms in total.